The Hall–Kier alpha value is -1.71. The molecule has 0 saturated carbocycles. The van der Waals surface area contributed by atoms with Gasteiger partial charge < -0.3 is 15.4 Å². The first kappa shape index (κ1) is 16.3. The van der Waals surface area contributed by atoms with Crippen molar-refractivity contribution >= 4 is 17.3 Å². The third-order valence-electron chi connectivity index (χ3n) is 3.75. The Balaban J connectivity index is 3.17. The minimum Gasteiger partial charge on any atom is -0.465 e. The first-order valence-electron chi connectivity index (χ1n) is 7.17. The third-order valence-corrected chi connectivity index (χ3v) is 3.75. The van der Waals surface area contributed by atoms with Crippen LogP contribution >= 0.6 is 0 Å². The second kappa shape index (κ2) is 7.17. The van der Waals surface area contributed by atoms with Gasteiger partial charge in [0.05, 0.1) is 12.7 Å². The molecule has 0 aliphatic carbocycles. The van der Waals surface area contributed by atoms with Gasteiger partial charge in [-0.15, -0.1) is 0 Å². The van der Waals surface area contributed by atoms with Crippen molar-refractivity contribution in [3.8, 4) is 0 Å². The summed E-state index contributed by atoms with van der Waals surface area (Å²) in [7, 11) is 1.38. The number of rotatable bonds is 6. The minimum atomic E-state index is -0.382. The van der Waals surface area contributed by atoms with E-state index in [1.54, 1.807) is 0 Å². The van der Waals surface area contributed by atoms with Gasteiger partial charge >= 0.3 is 5.97 Å². The van der Waals surface area contributed by atoms with Gasteiger partial charge in [-0.05, 0) is 37.5 Å². The van der Waals surface area contributed by atoms with Crippen LogP contribution in [0.15, 0.2) is 12.1 Å². The highest BCUT2D eigenvalue weighted by atomic mass is 16.5. The van der Waals surface area contributed by atoms with Crippen molar-refractivity contribution in [2.75, 3.05) is 30.8 Å². The highest BCUT2D eigenvalue weighted by Crippen LogP contribution is 2.26. The molecule has 1 unspecified atom stereocenters. The van der Waals surface area contributed by atoms with Crippen LogP contribution in [0.5, 0.6) is 0 Å². The van der Waals surface area contributed by atoms with Crippen LogP contribution in [0.25, 0.3) is 0 Å². The molecule has 0 heterocycles. The SMILES string of the molecule is CCC(C)CN(CC)c1cc(C)c(N)c(C(=O)OC)c1. The van der Waals surface area contributed by atoms with E-state index in [1.807, 2.05) is 19.1 Å². The number of hydrogen-bond acceptors (Lipinski definition) is 4. The van der Waals surface area contributed by atoms with Crippen molar-refractivity contribution in [3.05, 3.63) is 23.3 Å². The van der Waals surface area contributed by atoms with Crippen molar-refractivity contribution in [3.63, 3.8) is 0 Å². The molecule has 112 valence electrons. The van der Waals surface area contributed by atoms with E-state index in [9.17, 15) is 4.79 Å². The van der Waals surface area contributed by atoms with Gasteiger partial charge in [-0.2, -0.15) is 0 Å². The topological polar surface area (TPSA) is 55.6 Å². The van der Waals surface area contributed by atoms with Crippen molar-refractivity contribution < 1.29 is 9.53 Å². The molecule has 0 aromatic heterocycles. The van der Waals surface area contributed by atoms with Crippen LogP contribution in [0.3, 0.4) is 0 Å². The Morgan fingerprint density at radius 2 is 2.05 bits per heavy atom. The number of carbonyl (C=O) groups is 1. The zero-order valence-electron chi connectivity index (χ0n) is 13.2. The molecule has 1 atom stereocenters. The average molecular weight is 278 g/mol. The number of ether oxygens (including phenoxy) is 1. The monoisotopic (exact) mass is 278 g/mol. The fraction of sp³-hybridized carbons (Fsp3) is 0.562. The lowest BCUT2D eigenvalue weighted by atomic mass is 10.0. The van der Waals surface area contributed by atoms with E-state index in [2.05, 4.69) is 25.7 Å². The molecular formula is C16H26N2O2. The maximum Gasteiger partial charge on any atom is 0.340 e. The molecule has 4 nitrogen and oxygen atoms in total. The number of nitrogens with zero attached hydrogens (tertiary/aromatic N) is 1. The predicted octanol–water partition coefficient (Wildman–Crippen LogP) is 3.24. The van der Waals surface area contributed by atoms with Gasteiger partial charge in [0.1, 0.15) is 0 Å². The molecule has 0 radical (unpaired) electrons. The van der Waals surface area contributed by atoms with Gasteiger partial charge in [0.25, 0.3) is 0 Å². The maximum atomic E-state index is 11.8. The van der Waals surface area contributed by atoms with Gasteiger partial charge in [-0.25, -0.2) is 4.79 Å². The van der Waals surface area contributed by atoms with Crippen LogP contribution in [-0.2, 0) is 4.74 Å². The van der Waals surface area contributed by atoms with Gasteiger partial charge in [0.15, 0.2) is 0 Å². The van der Waals surface area contributed by atoms with Crippen LogP contribution in [0.2, 0.25) is 0 Å². The number of nitrogen functional groups attached to an aromatic ring is 1. The van der Waals surface area contributed by atoms with Crippen LogP contribution < -0.4 is 10.6 Å². The highest BCUT2D eigenvalue weighted by molar-refractivity contribution is 5.97. The second-order valence-electron chi connectivity index (χ2n) is 5.27. The van der Waals surface area contributed by atoms with Gasteiger partial charge in [-0.1, -0.05) is 20.3 Å². The molecule has 1 rings (SSSR count). The van der Waals surface area contributed by atoms with E-state index in [4.69, 9.17) is 10.5 Å². The standard InChI is InChI=1S/C16H26N2O2/c1-6-11(3)10-18(7-2)13-8-12(4)15(17)14(9-13)16(19)20-5/h8-9,11H,6-7,10,17H2,1-5H3. The van der Waals surface area contributed by atoms with E-state index in [-0.39, 0.29) is 5.97 Å². The molecule has 0 saturated heterocycles. The lowest BCUT2D eigenvalue weighted by molar-refractivity contribution is 0.0602. The number of hydrogen-bond donors (Lipinski definition) is 1. The molecule has 1 aromatic rings. The van der Waals surface area contributed by atoms with Crippen molar-refractivity contribution in [1.29, 1.82) is 0 Å². The summed E-state index contributed by atoms with van der Waals surface area (Å²) >= 11 is 0. The van der Waals surface area contributed by atoms with Crippen molar-refractivity contribution in [2.24, 2.45) is 5.92 Å². The van der Waals surface area contributed by atoms with E-state index in [0.717, 1.165) is 30.8 Å². The summed E-state index contributed by atoms with van der Waals surface area (Å²) < 4.78 is 4.81. The zero-order chi connectivity index (χ0) is 15.3. The van der Waals surface area contributed by atoms with E-state index < -0.39 is 0 Å². The molecule has 4 heteroatoms. The Labute approximate surface area is 121 Å². The summed E-state index contributed by atoms with van der Waals surface area (Å²) in [4.78, 5) is 14.1. The molecular weight excluding hydrogens is 252 g/mol. The number of anilines is 2. The number of esters is 1. The van der Waals surface area contributed by atoms with Crippen molar-refractivity contribution in [2.45, 2.75) is 34.1 Å². The Kier molecular flexibility index (Phi) is 5.86. The summed E-state index contributed by atoms with van der Waals surface area (Å²) in [6, 6.07) is 3.87. The van der Waals surface area contributed by atoms with Gasteiger partial charge in [0, 0.05) is 24.5 Å². The smallest absolute Gasteiger partial charge is 0.340 e. The quantitative estimate of drug-likeness (QED) is 0.641. The number of nitrogens with two attached hydrogens (primary N) is 1. The van der Waals surface area contributed by atoms with Crippen LogP contribution in [0, 0.1) is 12.8 Å². The summed E-state index contributed by atoms with van der Waals surface area (Å²) in [5.41, 5.74) is 8.86. The van der Waals surface area contributed by atoms with Gasteiger partial charge in [0.2, 0.25) is 0 Å². The predicted molar refractivity (Wildman–Crippen MR) is 84.3 cm³/mol. The Morgan fingerprint density at radius 1 is 1.40 bits per heavy atom. The fourth-order valence-electron chi connectivity index (χ4n) is 2.16. The minimum absolute atomic E-state index is 0.382. The number of benzene rings is 1. The van der Waals surface area contributed by atoms with E-state index in [0.29, 0.717) is 17.2 Å². The lowest BCUT2D eigenvalue weighted by Crippen LogP contribution is -2.28. The van der Waals surface area contributed by atoms with Crippen LogP contribution in [-0.4, -0.2) is 26.2 Å². The fourth-order valence-corrected chi connectivity index (χ4v) is 2.16. The molecule has 0 fully saturated rings. The summed E-state index contributed by atoms with van der Waals surface area (Å²) in [5.74, 6) is 0.224. The molecule has 0 bridgehead atoms. The number of methoxy groups -OCH3 is 1. The van der Waals surface area contributed by atoms with Crippen molar-refractivity contribution in [1.82, 2.24) is 0 Å². The first-order chi connectivity index (χ1) is 9.44. The lowest BCUT2D eigenvalue weighted by Gasteiger charge is -2.27. The summed E-state index contributed by atoms with van der Waals surface area (Å²) in [6.07, 6.45) is 1.13. The van der Waals surface area contributed by atoms with E-state index in [1.165, 1.54) is 7.11 Å². The van der Waals surface area contributed by atoms with Gasteiger partial charge in [-0.3, -0.25) is 0 Å². The normalized spacial score (nSPS) is 12.1. The highest BCUT2D eigenvalue weighted by Gasteiger charge is 2.16. The average Bonchev–Trinajstić information content (AvgIpc) is 2.46. The third kappa shape index (κ3) is 3.65. The summed E-state index contributed by atoms with van der Waals surface area (Å²) in [6.45, 7) is 10.3. The summed E-state index contributed by atoms with van der Waals surface area (Å²) in [5, 5.41) is 0. The Bertz CT molecular complexity index is 472. The van der Waals surface area contributed by atoms with Crippen LogP contribution in [0.4, 0.5) is 11.4 Å². The molecule has 0 aliphatic heterocycles. The Morgan fingerprint density at radius 3 is 2.55 bits per heavy atom. The molecule has 1 aromatic carbocycles. The second-order valence-corrected chi connectivity index (χ2v) is 5.27. The molecule has 20 heavy (non-hydrogen) atoms. The number of carbonyl (C=O) groups excluding carboxylic acids is 1. The van der Waals surface area contributed by atoms with Crippen LogP contribution in [0.1, 0.15) is 43.1 Å². The zero-order valence-corrected chi connectivity index (χ0v) is 13.2. The first-order valence-corrected chi connectivity index (χ1v) is 7.17. The van der Waals surface area contributed by atoms with E-state index >= 15 is 0 Å². The molecule has 0 spiro atoms. The molecule has 2 N–H and O–H groups in total. The largest absolute Gasteiger partial charge is 0.465 e. The molecule has 0 aliphatic rings. The maximum absolute atomic E-state index is 11.8. The molecule has 0 amide bonds. The number of aryl methyl sites for hydroxylation is 1.